The molecule has 0 fully saturated rings. The number of hydrogen-bond donors (Lipinski definition) is 2. The molecule has 0 bridgehead atoms. The number of sulfonamides is 1. The Hall–Kier alpha value is -3.44. The first-order valence-corrected chi connectivity index (χ1v) is 11.2. The number of fused-ring (bicyclic) bond motifs is 1. The lowest BCUT2D eigenvalue weighted by Crippen LogP contribution is -2.30. The highest BCUT2D eigenvalue weighted by Gasteiger charge is 2.20. The lowest BCUT2D eigenvalue weighted by atomic mass is 10.1. The first kappa shape index (κ1) is 23.2. The van der Waals surface area contributed by atoms with E-state index in [1.165, 1.54) is 31.2 Å². The van der Waals surface area contributed by atoms with Gasteiger partial charge in [0.2, 0.25) is 10.0 Å². The van der Waals surface area contributed by atoms with E-state index < -0.39 is 28.0 Å². The fourth-order valence-corrected chi connectivity index (χ4v) is 3.37. The van der Waals surface area contributed by atoms with Crippen LogP contribution in [0.5, 0.6) is 11.5 Å². The molecule has 0 radical (unpaired) electrons. The summed E-state index contributed by atoms with van der Waals surface area (Å²) >= 11 is 0. The van der Waals surface area contributed by atoms with Crippen molar-refractivity contribution in [3.05, 3.63) is 48.0 Å². The Bertz CT molecular complexity index is 1130. The number of carbonyl (C=O) groups excluding carboxylic acids is 3. The smallest absolute Gasteiger partial charge is 0.307 e. The number of hydrogen-bond acceptors (Lipinski definition) is 8. The van der Waals surface area contributed by atoms with Gasteiger partial charge in [-0.1, -0.05) is 0 Å². The van der Waals surface area contributed by atoms with Crippen molar-refractivity contribution < 1.29 is 37.0 Å². The third-order valence-electron chi connectivity index (χ3n) is 4.55. The number of ether oxygens (including phenoxy) is 3. The number of rotatable bonds is 8. The maximum atomic E-state index is 12.4. The van der Waals surface area contributed by atoms with Crippen LogP contribution in [0.2, 0.25) is 0 Å². The van der Waals surface area contributed by atoms with Crippen molar-refractivity contribution in [1.82, 2.24) is 0 Å². The Labute approximate surface area is 184 Å². The van der Waals surface area contributed by atoms with Crippen molar-refractivity contribution in [1.29, 1.82) is 0 Å². The lowest BCUT2D eigenvalue weighted by Gasteiger charge is -2.18. The maximum absolute atomic E-state index is 12.4. The second-order valence-corrected chi connectivity index (χ2v) is 8.53. The number of ketones is 1. The van der Waals surface area contributed by atoms with Crippen molar-refractivity contribution in [2.75, 3.05) is 18.5 Å². The van der Waals surface area contributed by atoms with E-state index in [9.17, 15) is 22.8 Å². The molecule has 0 aromatic heterocycles. The number of carbonyl (C=O) groups is 3. The number of anilines is 1. The molecule has 1 heterocycles. The Morgan fingerprint density at radius 1 is 1.03 bits per heavy atom. The van der Waals surface area contributed by atoms with Crippen LogP contribution in [0.4, 0.5) is 5.69 Å². The molecule has 0 saturated carbocycles. The fourth-order valence-electron chi connectivity index (χ4n) is 2.86. The molecule has 0 aliphatic carbocycles. The third kappa shape index (κ3) is 6.05. The minimum absolute atomic E-state index is 0.0954. The van der Waals surface area contributed by atoms with Gasteiger partial charge < -0.3 is 19.5 Å². The van der Waals surface area contributed by atoms with Gasteiger partial charge in [-0.05, 0) is 49.4 Å². The van der Waals surface area contributed by atoms with Gasteiger partial charge in [0.1, 0.15) is 13.2 Å². The van der Waals surface area contributed by atoms with Crippen LogP contribution in [0, 0.1) is 0 Å². The van der Waals surface area contributed by atoms with Crippen molar-refractivity contribution in [2.24, 2.45) is 5.14 Å². The molecule has 3 rings (SSSR count). The van der Waals surface area contributed by atoms with E-state index in [0.29, 0.717) is 36.0 Å². The molecule has 32 heavy (non-hydrogen) atoms. The molecular weight excluding hydrogens is 440 g/mol. The van der Waals surface area contributed by atoms with Crippen LogP contribution in [-0.4, -0.2) is 45.4 Å². The molecule has 11 heteroatoms. The van der Waals surface area contributed by atoms with E-state index in [2.05, 4.69) is 5.32 Å². The summed E-state index contributed by atoms with van der Waals surface area (Å²) in [5, 5.41) is 7.52. The van der Waals surface area contributed by atoms with E-state index in [-0.39, 0.29) is 23.5 Å². The Morgan fingerprint density at radius 2 is 1.69 bits per heavy atom. The molecule has 0 saturated heterocycles. The number of nitrogens with two attached hydrogens (primary N) is 1. The zero-order valence-electron chi connectivity index (χ0n) is 17.2. The molecule has 2 aromatic rings. The molecule has 3 N–H and O–H groups in total. The van der Waals surface area contributed by atoms with Crippen molar-refractivity contribution >= 4 is 33.4 Å². The summed E-state index contributed by atoms with van der Waals surface area (Å²) in [7, 11) is -3.84. The van der Waals surface area contributed by atoms with E-state index in [0.717, 1.165) is 0 Å². The van der Waals surface area contributed by atoms with Crippen LogP contribution in [0.25, 0.3) is 0 Å². The summed E-state index contributed by atoms with van der Waals surface area (Å²) in [5.41, 5.74) is 0.690. The van der Waals surface area contributed by atoms with E-state index >= 15 is 0 Å². The lowest BCUT2D eigenvalue weighted by molar-refractivity contribution is -0.153. The Balaban J connectivity index is 1.47. The van der Waals surface area contributed by atoms with Crippen LogP contribution in [0.15, 0.2) is 47.4 Å². The van der Waals surface area contributed by atoms with Crippen molar-refractivity contribution in [2.45, 2.75) is 30.8 Å². The molecule has 1 aliphatic rings. The summed E-state index contributed by atoms with van der Waals surface area (Å²) < 4.78 is 38.4. The number of benzene rings is 2. The van der Waals surface area contributed by atoms with Gasteiger partial charge in [-0.25, -0.2) is 13.6 Å². The summed E-state index contributed by atoms with van der Waals surface area (Å²) in [6.07, 6.45) is -1.42. The van der Waals surface area contributed by atoms with Crippen LogP contribution >= 0.6 is 0 Å². The molecular formula is C21H22N2O8S. The minimum Gasteiger partial charge on any atom is -0.486 e. The van der Waals surface area contributed by atoms with E-state index in [1.807, 2.05) is 0 Å². The molecule has 1 atom stereocenters. The van der Waals surface area contributed by atoms with Crippen LogP contribution < -0.4 is 19.9 Å². The number of nitrogens with one attached hydrogen (secondary N) is 1. The van der Waals surface area contributed by atoms with E-state index in [4.69, 9.17) is 19.3 Å². The van der Waals surface area contributed by atoms with Gasteiger partial charge >= 0.3 is 5.97 Å². The van der Waals surface area contributed by atoms with Gasteiger partial charge in [0.15, 0.2) is 23.4 Å². The predicted octanol–water partition coefficient (Wildman–Crippen LogP) is 1.64. The summed E-state index contributed by atoms with van der Waals surface area (Å²) in [6, 6.07) is 10.0. The Morgan fingerprint density at radius 3 is 2.34 bits per heavy atom. The summed E-state index contributed by atoms with van der Waals surface area (Å²) in [6.45, 7) is 2.22. The number of amides is 1. The SMILES string of the molecule is CC(OC(=O)CCC(=O)c1ccc2c(c1)OCCO2)C(=O)Nc1ccc(S(N)(=O)=O)cc1. The summed E-state index contributed by atoms with van der Waals surface area (Å²) in [4.78, 5) is 36.5. The fraction of sp³-hybridized carbons (Fsp3) is 0.286. The van der Waals surface area contributed by atoms with Gasteiger partial charge in [0, 0.05) is 17.7 Å². The molecule has 0 spiro atoms. The quantitative estimate of drug-likeness (QED) is 0.444. The largest absolute Gasteiger partial charge is 0.486 e. The Kier molecular flexibility index (Phi) is 7.11. The molecule has 1 aliphatic heterocycles. The van der Waals surface area contributed by atoms with Gasteiger partial charge in [-0.15, -0.1) is 0 Å². The average Bonchev–Trinajstić information content (AvgIpc) is 2.76. The highest BCUT2D eigenvalue weighted by atomic mass is 32.2. The van der Waals surface area contributed by atoms with Crippen LogP contribution in [-0.2, 0) is 24.3 Å². The normalized spacial score (nSPS) is 13.7. The number of esters is 1. The zero-order chi connectivity index (χ0) is 23.3. The average molecular weight is 462 g/mol. The maximum Gasteiger partial charge on any atom is 0.307 e. The topological polar surface area (TPSA) is 151 Å². The van der Waals surface area contributed by atoms with Crippen molar-refractivity contribution in [3.63, 3.8) is 0 Å². The van der Waals surface area contributed by atoms with Crippen LogP contribution in [0.3, 0.4) is 0 Å². The molecule has 1 amide bonds. The van der Waals surface area contributed by atoms with E-state index in [1.54, 1.807) is 18.2 Å². The molecule has 170 valence electrons. The second kappa shape index (κ2) is 9.79. The standard InChI is InChI=1S/C21H22N2O8S/c1-13(21(26)23-15-3-5-16(6-4-15)32(22,27)28)31-20(25)9-7-17(24)14-2-8-18-19(12-14)30-11-10-29-18/h2-6,8,12-13H,7,9-11H2,1H3,(H,23,26)(H2,22,27,28). The monoisotopic (exact) mass is 462 g/mol. The highest BCUT2D eigenvalue weighted by Crippen LogP contribution is 2.31. The number of primary sulfonamides is 1. The van der Waals surface area contributed by atoms with Gasteiger partial charge in [-0.3, -0.25) is 14.4 Å². The van der Waals surface area contributed by atoms with Gasteiger partial charge in [-0.2, -0.15) is 0 Å². The molecule has 1 unspecified atom stereocenters. The molecule has 10 nitrogen and oxygen atoms in total. The predicted molar refractivity (Wildman–Crippen MR) is 113 cm³/mol. The first-order valence-electron chi connectivity index (χ1n) is 9.69. The third-order valence-corrected chi connectivity index (χ3v) is 5.48. The highest BCUT2D eigenvalue weighted by molar-refractivity contribution is 7.89. The second-order valence-electron chi connectivity index (χ2n) is 6.97. The minimum atomic E-state index is -3.84. The van der Waals surface area contributed by atoms with Gasteiger partial charge in [0.25, 0.3) is 5.91 Å². The zero-order valence-corrected chi connectivity index (χ0v) is 18.0. The van der Waals surface area contributed by atoms with Gasteiger partial charge in [0.05, 0.1) is 11.3 Å². The first-order chi connectivity index (χ1) is 15.1. The summed E-state index contributed by atoms with van der Waals surface area (Å²) in [5.74, 6) is -0.549. The van der Waals surface area contributed by atoms with Crippen molar-refractivity contribution in [3.8, 4) is 11.5 Å². The number of Topliss-reactive ketones (excluding diaryl/α,β-unsaturated/α-hetero) is 1. The molecule has 2 aromatic carbocycles. The van der Waals surface area contributed by atoms with Crippen LogP contribution in [0.1, 0.15) is 30.1 Å².